The molecule has 0 saturated heterocycles. The maximum atomic E-state index is 10.3. The SMILES string of the molecule is O=S(=O)(O)N1C=CCC1.c1ccsc1. The Kier molecular flexibility index (Phi) is 4.12. The van der Waals surface area contributed by atoms with Crippen LogP contribution in [0.15, 0.2) is 35.2 Å². The average molecular weight is 233 g/mol. The summed E-state index contributed by atoms with van der Waals surface area (Å²) in [7, 11) is -3.96. The third kappa shape index (κ3) is 3.91. The van der Waals surface area contributed by atoms with Crippen LogP contribution < -0.4 is 0 Å². The van der Waals surface area contributed by atoms with Crippen LogP contribution in [-0.4, -0.2) is 23.8 Å². The minimum Gasteiger partial charge on any atom is -0.269 e. The molecule has 0 unspecified atom stereocenters. The maximum Gasteiger partial charge on any atom is 0.359 e. The molecule has 0 spiro atoms. The molecule has 2 rings (SSSR count). The van der Waals surface area contributed by atoms with Gasteiger partial charge in [-0.15, -0.1) is 0 Å². The van der Waals surface area contributed by atoms with E-state index >= 15 is 0 Å². The van der Waals surface area contributed by atoms with Crippen LogP contribution in [0.4, 0.5) is 0 Å². The van der Waals surface area contributed by atoms with E-state index in [0.29, 0.717) is 13.0 Å². The molecule has 0 fully saturated rings. The van der Waals surface area contributed by atoms with Crippen molar-refractivity contribution in [3.8, 4) is 0 Å². The zero-order valence-electron chi connectivity index (χ0n) is 7.41. The van der Waals surface area contributed by atoms with Gasteiger partial charge in [-0.25, -0.2) is 0 Å². The van der Waals surface area contributed by atoms with Crippen LogP contribution in [-0.2, 0) is 10.3 Å². The topological polar surface area (TPSA) is 57.6 Å². The van der Waals surface area contributed by atoms with E-state index in [0.717, 1.165) is 4.31 Å². The standard InChI is InChI=1S/C4H7NO3S.C4H4S/c6-9(7,8)5-3-1-2-4-5;1-2-4-5-3-1/h1,3H,2,4H2,(H,6,7,8);1-4H. The molecule has 0 amide bonds. The van der Waals surface area contributed by atoms with Crippen LogP contribution in [0.5, 0.6) is 0 Å². The van der Waals surface area contributed by atoms with E-state index in [1.807, 2.05) is 22.9 Å². The average Bonchev–Trinajstić information content (AvgIpc) is 2.80. The highest BCUT2D eigenvalue weighted by Gasteiger charge is 2.15. The monoisotopic (exact) mass is 233 g/mol. The molecule has 0 saturated carbocycles. The van der Waals surface area contributed by atoms with Crippen molar-refractivity contribution in [1.29, 1.82) is 0 Å². The highest BCUT2D eigenvalue weighted by atomic mass is 32.2. The van der Waals surface area contributed by atoms with E-state index in [4.69, 9.17) is 4.55 Å². The summed E-state index contributed by atoms with van der Waals surface area (Å²) in [5, 5.41) is 4.08. The Morgan fingerprint density at radius 3 is 2.14 bits per heavy atom. The Bertz CT molecular complexity index is 352. The summed E-state index contributed by atoms with van der Waals surface area (Å²) >= 11 is 1.71. The third-order valence-corrected chi connectivity index (χ3v) is 3.04. The van der Waals surface area contributed by atoms with Gasteiger partial charge in [0.05, 0.1) is 0 Å². The summed E-state index contributed by atoms with van der Waals surface area (Å²) in [5.41, 5.74) is 0. The van der Waals surface area contributed by atoms with Gasteiger partial charge in [0.1, 0.15) is 0 Å². The first kappa shape index (κ1) is 11.2. The summed E-state index contributed by atoms with van der Waals surface area (Å²) < 4.78 is 29.8. The number of nitrogens with zero attached hydrogens (tertiary/aromatic N) is 1. The molecule has 6 heteroatoms. The molecule has 1 aromatic rings. The summed E-state index contributed by atoms with van der Waals surface area (Å²) in [6.07, 6.45) is 3.73. The van der Waals surface area contributed by atoms with E-state index in [-0.39, 0.29) is 0 Å². The molecule has 1 aromatic heterocycles. The van der Waals surface area contributed by atoms with Crippen LogP contribution in [0.1, 0.15) is 6.42 Å². The van der Waals surface area contributed by atoms with Gasteiger partial charge in [0, 0.05) is 12.7 Å². The zero-order chi connectivity index (χ0) is 10.4. The van der Waals surface area contributed by atoms with Crippen LogP contribution in [0, 0.1) is 0 Å². The lowest BCUT2D eigenvalue weighted by Gasteiger charge is -2.08. The molecule has 78 valence electrons. The Balaban J connectivity index is 0.000000165. The molecule has 1 aliphatic heterocycles. The lowest BCUT2D eigenvalue weighted by Crippen LogP contribution is -2.22. The van der Waals surface area contributed by atoms with Crippen molar-refractivity contribution in [2.45, 2.75) is 6.42 Å². The summed E-state index contributed by atoms with van der Waals surface area (Å²) in [6, 6.07) is 4.04. The molecule has 0 aromatic carbocycles. The highest BCUT2D eigenvalue weighted by molar-refractivity contribution is 7.83. The minimum absolute atomic E-state index is 0.360. The van der Waals surface area contributed by atoms with Gasteiger partial charge in [0.25, 0.3) is 0 Å². The van der Waals surface area contributed by atoms with Gasteiger partial charge in [-0.1, -0.05) is 18.2 Å². The van der Waals surface area contributed by atoms with Crippen molar-refractivity contribution in [2.24, 2.45) is 0 Å². The van der Waals surface area contributed by atoms with Gasteiger partial charge in [-0.2, -0.15) is 19.8 Å². The molecular weight excluding hydrogens is 222 g/mol. The van der Waals surface area contributed by atoms with Gasteiger partial charge < -0.3 is 0 Å². The van der Waals surface area contributed by atoms with Crippen molar-refractivity contribution in [1.82, 2.24) is 4.31 Å². The highest BCUT2D eigenvalue weighted by Crippen LogP contribution is 2.07. The Morgan fingerprint density at radius 2 is 1.93 bits per heavy atom. The van der Waals surface area contributed by atoms with Crippen molar-refractivity contribution in [2.75, 3.05) is 6.54 Å². The van der Waals surface area contributed by atoms with E-state index < -0.39 is 10.3 Å². The van der Waals surface area contributed by atoms with Crippen LogP contribution >= 0.6 is 11.3 Å². The van der Waals surface area contributed by atoms with Gasteiger partial charge in [0.2, 0.25) is 0 Å². The van der Waals surface area contributed by atoms with Crippen molar-refractivity contribution in [3.05, 3.63) is 35.2 Å². The first-order chi connectivity index (χ1) is 6.61. The van der Waals surface area contributed by atoms with Crippen molar-refractivity contribution in [3.63, 3.8) is 0 Å². The van der Waals surface area contributed by atoms with Gasteiger partial charge >= 0.3 is 10.3 Å². The Labute approximate surface area is 87.4 Å². The summed E-state index contributed by atoms with van der Waals surface area (Å²) in [4.78, 5) is 0. The molecule has 1 aliphatic rings. The fraction of sp³-hybridized carbons (Fsp3) is 0.250. The summed E-state index contributed by atoms with van der Waals surface area (Å²) in [5.74, 6) is 0. The molecule has 0 aliphatic carbocycles. The van der Waals surface area contributed by atoms with Gasteiger partial charge in [-0.05, 0) is 17.2 Å². The first-order valence-electron chi connectivity index (χ1n) is 3.99. The van der Waals surface area contributed by atoms with Crippen LogP contribution in [0.3, 0.4) is 0 Å². The van der Waals surface area contributed by atoms with E-state index in [9.17, 15) is 8.42 Å². The maximum absolute atomic E-state index is 10.3. The Hall–Kier alpha value is -0.850. The number of hydrogen-bond donors (Lipinski definition) is 1. The molecule has 4 nitrogen and oxygen atoms in total. The van der Waals surface area contributed by atoms with Crippen molar-refractivity contribution >= 4 is 21.6 Å². The fourth-order valence-corrected chi connectivity index (χ4v) is 1.92. The number of rotatable bonds is 1. The molecule has 0 bridgehead atoms. The second kappa shape index (κ2) is 5.14. The molecule has 14 heavy (non-hydrogen) atoms. The van der Waals surface area contributed by atoms with E-state index in [2.05, 4.69) is 0 Å². The van der Waals surface area contributed by atoms with Crippen molar-refractivity contribution < 1.29 is 13.0 Å². The minimum atomic E-state index is -3.96. The van der Waals surface area contributed by atoms with E-state index in [1.54, 1.807) is 17.4 Å². The van der Waals surface area contributed by atoms with Crippen LogP contribution in [0.2, 0.25) is 0 Å². The fourth-order valence-electron chi connectivity index (χ4n) is 0.887. The number of hydrogen-bond acceptors (Lipinski definition) is 3. The largest absolute Gasteiger partial charge is 0.359 e. The van der Waals surface area contributed by atoms with Gasteiger partial charge in [0.15, 0.2) is 0 Å². The molecule has 1 N–H and O–H groups in total. The second-order valence-electron chi connectivity index (χ2n) is 2.56. The first-order valence-corrected chi connectivity index (χ1v) is 6.33. The zero-order valence-corrected chi connectivity index (χ0v) is 9.04. The normalized spacial score (nSPS) is 15.1. The lowest BCUT2D eigenvalue weighted by molar-refractivity contribution is 0.415. The van der Waals surface area contributed by atoms with Gasteiger partial charge in [-0.3, -0.25) is 8.86 Å². The predicted octanol–water partition coefficient (Wildman–Crippen LogP) is 1.76. The third-order valence-electron chi connectivity index (χ3n) is 1.51. The molecule has 0 radical (unpaired) electrons. The lowest BCUT2D eigenvalue weighted by atomic mass is 10.5. The molecule has 0 atom stereocenters. The smallest absolute Gasteiger partial charge is 0.269 e. The molecule has 2 heterocycles. The Morgan fingerprint density at radius 1 is 1.29 bits per heavy atom. The van der Waals surface area contributed by atoms with E-state index in [1.165, 1.54) is 6.20 Å². The second-order valence-corrected chi connectivity index (χ2v) is 4.74. The summed E-state index contributed by atoms with van der Waals surface area (Å²) in [6.45, 7) is 0.360. The predicted molar refractivity (Wildman–Crippen MR) is 56.3 cm³/mol. The van der Waals surface area contributed by atoms with Crippen LogP contribution in [0.25, 0.3) is 0 Å². The number of thiophene rings is 1. The molecular formula is C8H11NO3S2. The quantitative estimate of drug-likeness (QED) is 0.752.